The molecule has 3 heteroatoms. The van der Waals surface area contributed by atoms with Crippen LogP contribution in [0.1, 0.15) is 0 Å². The van der Waals surface area contributed by atoms with Gasteiger partial charge in [0.05, 0.1) is 0 Å². The lowest BCUT2D eigenvalue weighted by Crippen LogP contribution is -2.13. The van der Waals surface area contributed by atoms with E-state index in [9.17, 15) is 5.11 Å². The number of aliphatic hydroxyl groups is 2. The van der Waals surface area contributed by atoms with Crippen molar-refractivity contribution in [2.24, 2.45) is 0 Å². The monoisotopic (exact) mass is 142 g/mol. The highest BCUT2D eigenvalue weighted by molar-refractivity contribution is 8.08. The smallest absolute Gasteiger partial charge is 0.149 e. The standard InChI is InChI=1S/C6H6O2S/c7-4-2-1-3-6(8)5(4)9-6/h1-3,5,7-8H/t5-,6-/m1/s1. The summed E-state index contributed by atoms with van der Waals surface area (Å²) in [5.41, 5.74) is 0. The fraction of sp³-hybridized carbons (Fsp3) is 0.333. The summed E-state index contributed by atoms with van der Waals surface area (Å²) in [6, 6.07) is 0. The first-order valence-electron chi connectivity index (χ1n) is 2.71. The van der Waals surface area contributed by atoms with E-state index in [4.69, 9.17) is 5.11 Å². The van der Waals surface area contributed by atoms with Crippen LogP contribution in [0.2, 0.25) is 0 Å². The van der Waals surface area contributed by atoms with Crippen LogP contribution in [0.25, 0.3) is 0 Å². The van der Waals surface area contributed by atoms with Gasteiger partial charge in [-0.25, -0.2) is 0 Å². The van der Waals surface area contributed by atoms with E-state index in [0.29, 0.717) is 0 Å². The summed E-state index contributed by atoms with van der Waals surface area (Å²) in [4.78, 5) is -0.765. The van der Waals surface area contributed by atoms with Gasteiger partial charge in [0.25, 0.3) is 0 Å². The lowest BCUT2D eigenvalue weighted by molar-refractivity contribution is 0.209. The maximum Gasteiger partial charge on any atom is 0.149 e. The molecule has 0 aromatic heterocycles. The van der Waals surface area contributed by atoms with Gasteiger partial charge in [-0.1, -0.05) is 6.08 Å². The second-order valence-corrected chi connectivity index (χ2v) is 3.56. The molecule has 0 aromatic rings. The normalized spacial score (nSPS) is 45.9. The van der Waals surface area contributed by atoms with Crippen LogP contribution < -0.4 is 0 Å². The number of hydrogen-bond donors (Lipinski definition) is 2. The molecule has 0 amide bonds. The minimum atomic E-state index is -0.765. The molecule has 2 atom stereocenters. The third kappa shape index (κ3) is 0.618. The number of thioether (sulfide) groups is 1. The third-order valence-electron chi connectivity index (χ3n) is 1.50. The fourth-order valence-electron chi connectivity index (χ4n) is 0.926. The molecule has 0 radical (unpaired) electrons. The van der Waals surface area contributed by atoms with Gasteiger partial charge >= 0.3 is 0 Å². The Balaban J connectivity index is 2.34. The maximum absolute atomic E-state index is 9.29. The molecule has 2 nitrogen and oxygen atoms in total. The third-order valence-corrected chi connectivity index (χ3v) is 2.83. The van der Waals surface area contributed by atoms with Crippen molar-refractivity contribution in [2.45, 2.75) is 10.2 Å². The highest BCUT2D eigenvalue weighted by Crippen LogP contribution is 2.56. The van der Waals surface area contributed by atoms with Crippen molar-refractivity contribution in [3.8, 4) is 0 Å². The molecule has 2 N–H and O–H groups in total. The van der Waals surface area contributed by atoms with Crippen LogP contribution in [-0.4, -0.2) is 20.4 Å². The average molecular weight is 142 g/mol. The molecule has 0 saturated carbocycles. The Morgan fingerprint density at radius 1 is 1.67 bits per heavy atom. The SMILES string of the molecule is OC1=CC=C[C@@]2(O)S[C@H]12. The molecule has 0 aromatic carbocycles. The van der Waals surface area contributed by atoms with Crippen molar-refractivity contribution in [2.75, 3.05) is 0 Å². The predicted molar refractivity (Wildman–Crippen MR) is 36.2 cm³/mol. The largest absolute Gasteiger partial charge is 0.511 e. The number of hydrogen-bond acceptors (Lipinski definition) is 3. The fourth-order valence-corrected chi connectivity index (χ4v) is 1.79. The Morgan fingerprint density at radius 3 is 3.00 bits per heavy atom. The molecule has 2 rings (SSSR count). The second kappa shape index (κ2) is 1.36. The molecule has 0 bridgehead atoms. The Kier molecular flexibility index (Phi) is 0.811. The van der Waals surface area contributed by atoms with Gasteiger partial charge in [0, 0.05) is 0 Å². The molecule has 1 aliphatic carbocycles. The van der Waals surface area contributed by atoms with Crippen LogP contribution in [0.5, 0.6) is 0 Å². The van der Waals surface area contributed by atoms with Gasteiger partial charge in [-0.15, -0.1) is 11.8 Å². The first kappa shape index (κ1) is 5.38. The molecule has 1 fully saturated rings. The summed E-state index contributed by atoms with van der Waals surface area (Å²) in [5.74, 6) is 0.282. The molecule has 1 saturated heterocycles. The van der Waals surface area contributed by atoms with Gasteiger partial charge in [-0.05, 0) is 12.2 Å². The Bertz CT molecular complexity index is 209. The molecule has 9 heavy (non-hydrogen) atoms. The van der Waals surface area contributed by atoms with Crippen molar-refractivity contribution in [3.05, 3.63) is 24.0 Å². The summed E-state index contributed by atoms with van der Waals surface area (Å²) in [6.45, 7) is 0. The molecule has 0 spiro atoms. The van der Waals surface area contributed by atoms with E-state index in [1.165, 1.54) is 11.8 Å². The van der Waals surface area contributed by atoms with E-state index in [0.717, 1.165) is 0 Å². The zero-order valence-corrected chi connectivity index (χ0v) is 5.43. The lowest BCUT2D eigenvalue weighted by Gasteiger charge is -2.03. The average Bonchev–Trinajstić information content (AvgIpc) is 2.43. The number of rotatable bonds is 0. The molecule has 2 aliphatic rings. The van der Waals surface area contributed by atoms with Crippen LogP contribution in [0.4, 0.5) is 0 Å². The van der Waals surface area contributed by atoms with Crippen LogP contribution in [0.3, 0.4) is 0 Å². The highest BCUT2D eigenvalue weighted by atomic mass is 32.2. The van der Waals surface area contributed by atoms with Gasteiger partial charge in [0.15, 0.2) is 0 Å². The maximum atomic E-state index is 9.29. The number of allylic oxidation sites excluding steroid dienone is 2. The van der Waals surface area contributed by atoms with E-state index in [1.54, 1.807) is 18.2 Å². The van der Waals surface area contributed by atoms with Gasteiger partial charge in [0.2, 0.25) is 0 Å². The Hall–Kier alpha value is -0.410. The van der Waals surface area contributed by atoms with Crippen molar-refractivity contribution in [3.63, 3.8) is 0 Å². The summed E-state index contributed by atoms with van der Waals surface area (Å²) in [7, 11) is 0. The lowest BCUT2D eigenvalue weighted by atomic mass is 10.1. The first-order chi connectivity index (χ1) is 4.22. The van der Waals surface area contributed by atoms with Crippen LogP contribution in [0.15, 0.2) is 24.0 Å². The van der Waals surface area contributed by atoms with Crippen LogP contribution in [-0.2, 0) is 0 Å². The zero-order valence-electron chi connectivity index (χ0n) is 4.61. The predicted octanol–water partition coefficient (Wildman–Crippen LogP) is 0.802. The Labute approximate surface area is 56.9 Å². The van der Waals surface area contributed by atoms with E-state index >= 15 is 0 Å². The van der Waals surface area contributed by atoms with Crippen molar-refractivity contribution in [1.82, 2.24) is 0 Å². The van der Waals surface area contributed by atoms with Crippen molar-refractivity contribution < 1.29 is 10.2 Å². The summed E-state index contributed by atoms with van der Waals surface area (Å²) < 4.78 is 0. The van der Waals surface area contributed by atoms with Crippen molar-refractivity contribution in [1.29, 1.82) is 0 Å². The highest BCUT2D eigenvalue weighted by Gasteiger charge is 2.56. The van der Waals surface area contributed by atoms with Gasteiger partial charge < -0.3 is 10.2 Å². The van der Waals surface area contributed by atoms with Gasteiger partial charge in [0.1, 0.15) is 15.9 Å². The van der Waals surface area contributed by atoms with E-state index < -0.39 is 4.93 Å². The molecular formula is C6H6O2S. The van der Waals surface area contributed by atoms with E-state index in [-0.39, 0.29) is 11.0 Å². The van der Waals surface area contributed by atoms with E-state index in [1.807, 2.05) is 0 Å². The molecule has 48 valence electrons. The minimum absolute atomic E-state index is 0.0810. The summed E-state index contributed by atoms with van der Waals surface area (Å²) >= 11 is 1.36. The molecule has 0 unspecified atom stereocenters. The van der Waals surface area contributed by atoms with Gasteiger partial charge in [-0.2, -0.15) is 0 Å². The first-order valence-corrected chi connectivity index (χ1v) is 3.59. The zero-order chi connectivity index (χ0) is 6.48. The van der Waals surface area contributed by atoms with Crippen molar-refractivity contribution >= 4 is 11.8 Å². The summed E-state index contributed by atoms with van der Waals surface area (Å²) in [5, 5.41) is 18.2. The number of fused-ring (bicyclic) bond motifs is 1. The van der Waals surface area contributed by atoms with Crippen LogP contribution >= 0.6 is 11.8 Å². The molecular weight excluding hydrogens is 136 g/mol. The van der Waals surface area contributed by atoms with Crippen LogP contribution in [0, 0.1) is 0 Å². The minimum Gasteiger partial charge on any atom is -0.511 e. The molecule has 1 aliphatic heterocycles. The van der Waals surface area contributed by atoms with Gasteiger partial charge in [-0.3, -0.25) is 0 Å². The van der Waals surface area contributed by atoms with E-state index in [2.05, 4.69) is 0 Å². The molecule has 1 heterocycles. The second-order valence-electron chi connectivity index (χ2n) is 2.20. The quantitative estimate of drug-likeness (QED) is 0.491. The number of aliphatic hydroxyl groups excluding tert-OH is 1. The topological polar surface area (TPSA) is 40.5 Å². The summed E-state index contributed by atoms with van der Waals surface area (Å²) in [6.07, 6.45) is 4.98. The Morgan fingerprint density at radius 2 is 2.44 bits per heavy atom.